The lowest BCUT2D eigenvalue weighted by molar-refractivity contribution is 0.0699. The molecule has 0 bridgehead atoms. The van der Waals surface area contributed by atoms with E-state index in [-0.39, 0.29) is 5.56 Å². The van der Waals surface area contributed by atoms with Crippen LogP contribution in [0.2, 0.25) is 0 Å². The Hall–Kier alpha value is -1.84. The molecule has 0 spiro atoms. The van der Waals surface area contributed by atoms with E-state index in [1.165, 1.54) is 19.3 Å². The average molecular weight is 260 g/mol. The first-order valence-electron chi connectivity index (χ1n) is 6.84. The Bertz CT molecular complexity index is 587. The van der Waals surface area contributed by atoms with Crippen LogP contribution < -0.4 is 0 Å². The first-order valence-corrected chi connectivity index (χ1v) is 6.84. The van der Waals surface area contributed by atoms with E-state index in [1.54, 1.807) is 12.1 Å². The molecule has 4 nitrogen and oxygen atoms in total. The molecule has 102 valence electrons. The van der Waals surface area contributed by atoms with Crippen molar-refractivity contribution in [2.75, 3.05) is 0 Å². The van der Waals surface area contributed by atoms with Crippen molar-refractivity contribution in [2.24, 2.45) is 0 Å². The standard InChI is InChI=1S/C15H20N2O2/c1-3-4-5-6-10-17-11(2)16-14-12(15(18)19)8-7-9-13(14)17/h7-9H,3-6,10H2,1-2H3,(H,18,19). The lowest BCUT2D eigenvalue weighted by Crippen LogP contribution is -2.01. The normalized spacial score (nSPS) is 11.1. The van der Waals surface area contributed by atoms with Gasteiger partial charge in [0.1, 0.15) is 11.3 Å². The number of aryl methyl sites for hydroxylation is 2. The Morgan fingerprint density at radius 2 is 2.11 bits per heavy atom. The fraction of sp³-hybridized carbons (Fsp3) is 0.467. The van der Waals surface area contributed by atoms with Crippen molar-refractivity contribution in [1.29, 1.82) is 0 Å². The summed E-state index contributed by atoms with van der Waals surface area (Å²) in [5.41, 5.74) is 1.81. The molecule has 1 heterocycles. The Kier molecular flexibility index (Phi) is 4.20. The van der Waals surface area contributed by atoms with Crippen molar-refractivity contribution < 1.29 is 9.90 Å². The summed E-state index contributed by atoms with van der Waals surface area (Å²) in [6.45, 7) is 5.04. The maximum absolute atomic E-state index is 11.2. The fourth-order valence-electron chi connectivity index (χ4n) is 2.41. The molecule has 0 amide bonds. The predicted molar refractivity (Wildman–Crippen MR) is 75.6 cm³/mol. The smallest absolute Gasteiger partial charge is 0.337 e. The average Bonchev–Trinajstić information content (AvgIpc) is 2.70. The number of nitrogens with zero attached hydrogens (tertiary/aromatic N) is 2. The number of rotatable bonds is 6. The molecule has 0 atom stereocenters. The molecule has 1 aromatic heterocycles. The van der Waals surface area contributed by atoms with Gasteiger partial charge in [0, 0.05) is 6.54 Å². The number of unbranched alkanes of at least 4 members (excludes halogenated alkanes) is 3. The van der Waals surface area contributed by atoms with Crippen LogP contribution >= 0.6 is 0 Å². The van der Waals surface area contributed by atoms with Crippen molar-refractivity contribution in [3.63, 3.8) is 0 Å². The van der Waals surface area contributed by atoms with Gasteiger partial charge in [-0.3, -0.25) is 0 Å². The largest absolute Gasteiger partial charge is 0.478 e. The van der Waals surface area contributed by atoms with Crippen molar-refractivity contribution in [1.82, 2.24) is 9.55 Å². The molecule has 19 heavy (non-hydrogen) atoms. The van der Waals surface area contributed by atoms with Crippen LogP contribution in [0.3, 0.4) is 0 Å². The molecule has 2 rings (SSSR count). The van der Waals surface area contributed by atoms with Crippen LogP contribution in [0.4, 0.5) is 0 Å². The summed E-state index contributed by atoms with van der Waals surface area (Å²) < 4.78 is 2.12. The van der Waals surface area contributed by atoms with Gasteiger partial charge < -0.3 is 9.67 Å². The molecule has 1 aromatic carbocycles. The summed E-state index contributed by atoms with van der Waals surface area (Å²) in [4.78, 5) is 15.6. The van der Waals surface area contributed by atoms with Crippen LogP contribution in [0.25, 0.3) is 11.0 Å². The minimum atomic E-state index is -0.916. The molecule has 0 saturated carbocycles. The summed E-state index contributed by atoms with van der Waals surface area (Å²) in [5, 5.41) is 9.18. The molecule has 0 unspecified atom stereocenters. The molecule has 0 saturated heterocycles. The number of carboxylic acid groups (broad SMARTS) is 1. The van der Waals surface area contributed by atoms with E-state index in [9.17, 15) is 9.90 Å². The molecule has 0 radical (unpaired) electrons. The third-order valence-corrected chi connectivity index (χ3v) is 3.44. The summed E-state index contributed by atoms with van der Waals surface area (Å²) in [5.74, 6) is -0.0265. The number of carbonyl (C=O) groups is 1. The molecule has 0 aliphatic rings. The first kappa shape index (κ1) is 13.6. The summed E-state index contributed by atoms with van der Waals surface area (Å²) in [6, 6.07) is 5.34. The number of hydrogen-bond donors (Lipinski definition) is 1. The molecule has 0 aliphatic carbocycles. The Balaban J connectivity index is 2.31. The lowest BCUT2D eigenvalue weighted by Gasteiger charge is -2.06. The maximum Gasteiger partial charge on any atom is 0.337 e. The van der Waals surface area contributed by atoms with E-state index >= 15 is 0 Å². The third-order valence-electron chi connectivity index (χ3n) is 3.44. The zero-order valence-electron chi connectivity index (χ0n) is 11.5. The highest BCUT2D eigenvalue weighted by molar-refractivity contribution is 6.01. The molecule has 0 fully saturated rings. The van der Waals surface area contributed by atoms with Gasteiger partial charge in [0.2, 0.25) is 0 Å². The number of aromatic nitrogens is 2. The van der Waals surface area contributed by atoms with E-state index in [0.717, 1.165) is 24.3 Å². The monoisotopic (exact) mass is 260 g/mol. The van der Waals surface area contributed by atoms with Crippen molar-refractivity contribution >= 4 is 17.0 Å². The van der Waals surface area contributed by atoms with Gasteiger partial charge in [-0.2, -0.15) is 0 Å². The maximum atomic E-state index is 11.2. The minimum absolute atomic E-state index is 0.285. The van der Waals surface area contributed by atoms with Gasteiger partial charge in [0.05, 0.1) is 11.1 Å². The van der Waals surface area contributed by atoms with Gasteiger partial charge in [-0.1, -0.05) is 32.3 Å². The molecule has 1 N–H and O–H groups in total. The van der Waals surface area contributed by atoms with Crippen LogP contribution in [0, 0.1) is 6.92 Å². The Morgan fingerprint density at radius 3 is 2.79 bits per heavy atom. The summed E-state index contributed by atoms with van der Waals surface area (Å²) in [6.07, 6.45) is 4.77. The fourth-order valence-corrected chi connectivity index (χ4v) is 2.41. The second-order valence-electron chi connectivity index (χ2n) is 4.85. The van der Waals surface area contributed by atoms with Gasteiger partial charge in [0.25, 0.3) is 0 Å². The second-order valence-corrected chi connectivity index (χ2v) is 4.85. The number of hydrogen-bond acceptors (Lipinski definition) is 2. The van der Waals surface area contributed by atoms with Crippen molar-refractivity contribution in [2.45, 2.75) is 46.1 Å². The minimum Gasteiger partial charge on any atom is -0.478 e. The van der Waals surface area contributed by atoms with Gasteiger partial charge in [0.15, 0.2) is 0 Å². The van der Waals surface area contributed by atoms with Gasteiger partial charge in [-0.25, -0.2) is 9.78 Å². The number of fused-ring (bicyclic) bond motifs is 1. The van der Waals surface area contributed by atoms with E-state index < -0.39 is 5.97 Å². The molecule has 4 heteroatoms. The topological polar surface area (TPSA) is 55.1 Å². The Labute approximate surface area is 113 Å². The summed E-state index contributed by atoms with van der Waals surface area (Å²) in [7, 11) is 0. The predicted octanol–water partition coefficient (Wildman–Crippen LogP) is 3.62. The van der Waals surface area contributed by atoms with E-state index in [1.807, 2.05) is 13.0 Å². The van der Waals surface area contributed by atoms with Crippen LogP contribution in [0.5, 0.6) is 0 Å². The lowest BCUT2D eigenvalue weighted by atomic mass is 10.2. The molecule has 0 aliphatic heterocycles. The van der Waals surface area contributed by atoms with Gasteiger partial charge in [-0.15, -0.1) is 0 Å². The molecular weight excluding hydrogens is 240 g/mol. The van der Waals surface area contributed by atoms with E-state index in [0.29, 0.717) is 5.52 Å². The number of aromatic carboxylic acids is 1. The highest BCUT2D eigenvalue weighted by Crippen LogP contribution is 2.21. The van der Waals surface area contributed by atoms with Crippen LogP contribution in [0.1, 0.15) is 48.8 Å². The first-order chi connectivity index (χ1) is 9.15. The van der Waals surface area contributed by atoms with E-state index in [2.05, 4.69) is 16.5 Å². The van der Waals surface area contributed by atoms with E-state index in [4.69, 9.17) is 0 Å². The molecular formula is C15H20N2O2. The van der Waals surface area contributed by atoms with Crippen LogP contribution in [-0.4, -0.2) is 20.6 Å². The third kappa shape index (κ3) is 2.78. The van der Waals surface area contributed by atoms with Crippen molar-refractivity contribution in [3.8, 4) is 0 Å². The van der Waals surface area contributed by atoms with Crippen LogP contribution in [0.15, 0.2) is 18.2 Å². The van der Waals surface area contributed by atoms with Crippen molar-refractivity contribution in [3.05, 3.63) is 29.6 Å². The number of imidazole rings is 1. The van der Waals surface area contributed by atoms with Crippen LogP contribution in [-0.2, 0) is 6.54 Å². The quantitative estimate of drug-likeness (QED) is 0.807. The summed E-state index contributed by atoms with van der Waals surface area (Å²) >= 11 is 0. The zero-order chi connectivity index (χ0) is 13.8. The molecule has 2 aromatic rings. The number of benzene rings is 1. The number of carboxylic acids is 1. The number of para-hydroxylation sites is 1. The Morgan fingerprint density at radius 1 is 1.32 bits per heavy atom. The zero-order valence-corrected chi connectivity index (χ0v) is 11.5. The highest BCUT2D eigenvalue weighted by atomic mass is 16.4. The van der Waals surface area contributed by atoms with Gasteiger partial charge >= 0.3 is 5.97 Å². The van der Waals surface area contributed by atoms with Gasteiger partial charge in [-0.05, 0) is 25.5 Å². The second kappa shape index (κ2) is 5.87. The SMILES string of the molecule is CCCCCCn1c(C)nc2c(C(=O)O)cccc21. The highest BCUT2D eigenvalue weighted by Gasteiger charge is 2.14.